The highest BCUT2D eigenvalue weighted by atomic mass is 35.5. The standard InChI is InChI=1S/C17H17ClF6N2O3/c18-12-3-1-11(2-4-12)13(27)25-9-10-5-7-26(8-6-10)15(28)29-14(16(19,20)21)17(22,23)24/h1-4,10,14H,5-9H2,(H,25,27). The van der Waals surface area contributed by atoms with Crippen LogP contribution in [0.4, 0.5) is 31.1 Å². The molecule has 0 spiro atoms. The molecule has 2 rings (SSSR count). The Hall–Kier alpha value is -2.17. The van der Waals surface area contributed by atoms with Crippen molar-refractivity contribution < 1.29 is 40.7 Å². The van der Waals surface area contributed by atoms with Gasteiger partial charge in [0.05, 0.1) is 0 Å². The zero-order chi connectivity index (χ0) is 21.8. The van der Waals surface area contributed by atoms with Gasteiger partial charge in [0.2, 0.25) is 0 Å². The first-order valence-corrected chi connectivity index (χ1v) is 8.88. The van der Waals surface area contributed by atoms with Gasteiger partial charge in [-0.2, -0.15) is 26.3 Å². The Morgan fingerprint density at radius 1 is 1.07 bits per heavy atom. The number of nitrogens with one attached hydrogen (secondary N) is 1. The van der Waals surface area contributed by atoms with Crippen LogP contribution in [0.1, 0.15) is 23.2 Å². The summed E-state index contributed by atoms with van der Waals surface area (Å²) in [6, 6.07) is 6.17. The molecule has 0 radical (unpaired) electrons. The SMILES string of the molecule is O=C(NCC1CCN(C(=O)OC(C(F)(F)F)C(F)(F)F)CC1)c1ccc(Cl)cc1. The van der Waals surface area contributed by atoms with Crippen LogP contribution in [-0.2, 0) is 4.74 Å². The summed E-state index contributed by atoms with van der Waals surface area (Å²) in [6.07, 6.45) is -16.8. The van der Waals surface area contributed by atoms with E-state index in [4.69, 9.17) is 11.6 Å². The highest BCUT2D eigenvalue weighted by Gasteiger charge is 2.60. The first-order chi connectivity index (χ1) is 13.4. The molecule has 12 heteroatoms. The van der Waals surface area contributed by atoms with E-state index >= 15 is 0 Å². The van der Waals surface area contributed by atoms with Crippen LogP contribution < -0.4 is 5.32 Å². The van der Waals surface area contributed by atoms with E-state index in [1.807, 2.05) is 0 Å². The molecule has 1 heterocycles. The highest BCUT2D eigenvalue weighted by Crippen LogP contribution is 2.36. The summed E-state index contributed by atoms with van der Waals surface area (Å²) in [5.41, 5.74) is 0.390. The monoisotopic (exact) mass is 446 g/mol. The lowest BCUT2D eigenvalue weighted by atomic mass is 9.97. The molecule has 0 unspecified atom stereocenters. The van der Waals surface area contributed by atoms with Gasteiger partial charge in [0.15, 0.2) is 0 Å². The van der Waals surface area contributed by atoms with Crippen LogP contribution >= 0.6 is 11.6 Å². The molecule has 1 aromatic rings. The molecule has 0 aromatic heterocycles. The minimum Gasteiger partial charge on any atom is -0.426 e. The molecule has 0 bridgehead atoms. The number of ether oxygens (including phenoxy) is 1. The maximum atomic E-state index is 12.5. The fourth-order valence-electron chi connectivity index (χ4n) is 2.75. The second-order valence-corrected chi connectivity index (χ2v) is 6.93. The van der Waals surface area contributed by atoms with Crippen molar-refractivity contribution in [2.45, 2.75) is 31.3 Å². The number of carbonyl (C=O) groups excluding carboxylic acids is 2. The lowest BCUT2D eigenvalue weighted by molar-refractivity contribution is -0.308. The minimum atomic E-state index is -5.75. The van der Waals surface area contributed by atoms with Gasteiger partial charge in [0.1, 0.15) is 0 Å². The number of piperidine rings is 1. The predicted molar refractivity (Wildman–Crippen MR) is 90.5 cm³/mol. The number of benzene rings is 1. The molecule has 1 fully saturated rings. The smallest absolute Gasteiger partial charge is 0.426 e. The van der Waals surface area contributed by atoms with Crippen molar-refractivity contribution in [3.05, 3.63) is 34.9 Å². The average molecular weight is 447 g/mol. The van der Waals surface area contributed by atoms with E-state index < -0.39 is 24.5 Å². The van der Waals surface area contributed by atoms with Crippen molar-refractivity contribution in [3.8, 4) is 0 Å². The summed E-state index contributed by atoms with van der Waals surface area (Å²) in [4.78, 5) is 24.5. The van der Waals surface area contributed by atoms with Crippen molar-refractivity contribution in [2.24, 2.45) is 5.92 Å². The third kappa shape index (κ3) is 6.69. The van der Waals surface area contributed by atoms with Crippen molar-refractivity contribution >= 4 is 23.6 Å². The third-order valence-electron chi connectivity index (χ3n) is 4.34. The molecule has 162 valence electrons. The van der Waals surface area contributed by atoms with Crippen LogP contribution in [0.15, 0.2) is 24.3 Å². The molecule has 1 aliphatic heterocycles. The summed E-state index contributed by atoms with van der Waals surface area (Å²) >= 11 is 5.74. The van der Waals surface area contributed by atoms with Gasteiger partial charge in [-0.3, -0.25) is 4.79 Å². The Bertz CT molecular complexity index is 701. The third-order valence-corrected chi connectivity index (χ3v) is 4.60. The van der Waals surface area contributed by atoms with E-state index in [0.717, 1.165) is 4.90 Å². The fraction of sp³-hybridized carbons (Fsp3) is 0.529. The normalized spacial score (nSPS) is 16.1. The van der Waals surface area contributed by atoms with E-state index in [0.29, 0.717) is 23.4 Å². The van der Waals surface area contributed by atoms with Crippen molar-refractivity contribution in [1.29, 1.82) is 0 Å². The maximum absolute atomic E-state index is 12.5. The summed E-state index contributed by atoms with van der Waals surface area (Å²) in [5, 5.41) is 3.16. The van der Waals surface area contributed by atoms with Gasteiger partial charge in [-0.25, -0.2) is 4.79 Å². The van der Waals surface area contributed by atoms with Gasteiger partial charge in [0.25, 0.3) is 12.0 Å². The second-order valence-electron chi connectivity index (χ2n) is 6.49. The Labute approximate surface area is 166 Å². The predicted octanol–water partition coefficient (Wildman–Crippen LogP) is 4.41. The zero-order valence-corrected chi connectivity index (χ0v) is 15.6. The Morgan fingerprint density at radius 3 is 2.07 bits per heavy atom. The highest BCUT2D eigenvalue weighted by molar-refractivity contribution is 6.30. The molecule has 5 nitrogen and oxygen atoms in total. The van der Waals surface area contributed by atoms with Gasteiger partial charge >= 0.3 is 18.4 Å². The van der Waals surface area contributed by atoms with Gasteiger partial charge in [-0.05, 0) is 43.0 Å². The summed E-state index contributed by atoms with van der Waals surface area (Å²) < 4.78 is 78.6. The van der Waals surface area contributed by atoms with Crippen LogP contribution in [0.3, 0.4) is 0 Å². The Balaban J connectivity index is 1.81. The topological polar surface area (TPSA) is 58.6 Å². The first-order valence-electron chi connectivity index (χ1n) is 8.50. The molecule has 1 aromatic carbocycles. The number of nitrogens with zero attached hydrogens (tertiary/aromatic N) is 1. The Kier molecular flexibility index (Phi) is 7.25. The maximum Gasteiger partial charge on any atom is 0.434 e. The van der Waals surface area contributed by atoms with E-state index in [9.17, 15) is 35.9 Å². The number of carbonyl (C=O) groups is 2. The quantitative estimate of drug-likeness (QED) is 0.697. The average Bonchev–Trinajstić information content (AvgIpc) is 2.63. The van der Waals surface area contributed by atoms with Crippen LogP contribution in [0.25, 0.3) is 0 Å². The number of halogens is 7. The number of hydrogen-bond donors (Lipinski definition) is 1. The minimum absolute atomic E-state index is 0.0806. The molecule has 29 heavy (non-hydrogen) atoms. The van der Waals surface area contributed by atoms with Crippen molar-refractivity contribution in [1.82, 2.24) is 10.2 Å². The molecular formula is C17H17ClF6N2O3. The summed E-state index contributed by atoms with van der Waals surface area (Å²) in [5.74, 6) is -0.432. The van der Waals surface area contributed by atoms with Gasteiger partial charge in [-0.15, -0.1) is 0 Å². The number of likely N-dealkylation sites (tertiary alicyclic amines) is 1. The number of hydrogen-bond acceptors (Lipinski definition) is 3. The van der Waals surface area contributed by atoms with Crippen LogP contribution in [0, 0.1) is 5.92 Å². The Morgan fingerprint density at radius 2 is 1.59 bits per heavy atom. The van der Waals surface area contributed by atoms with Gasteiger partial charge < -0.3 is 15.0 Å². The van der Waals surface area contributed by atoms with Crippen molar-refractivity contribution in [3.63, 3.8) is 0 Å². The number of rotatable bonds is 4. The van der Waals surface area contributed by atoms with Crippen LogP contribution in [0.5, 0.6) is 0 Å². The lowest BCUT2D eigenvalue weighted by Crippen LogP contribution is -2.49. The number of alkyl halides is 6. The molecule has 1 saturated heterocycles. The zero-order valence-electron chi connectivity index (χ0n) is 14.8. The second kappa shape index (κ2) is 9.10. The number of amides is 2. The van der Waals surface area contributed by atoms with E-state index in [1.54, 1.807) is 12.1 Å². The van der Waals surface area contributed by atoms with Crippen LogP contribution in [-0.4, -0.2) is 55.0 Å². The molecule has 0 atom stereocenters. The van der Waals surface area contributed by atoms with E-state index in [-0.39, 0.29) is 31.5 Å². The molecule has 0 aliphatic carbocycles. The van der Waals surface area contributed by atoms with Crippen LogP contribution in [0.2, 0.25) is 5.02 Å². The van der Waals surface area contributed by atoms with Crippen molar-refractivity contribution in [2.75, 3.05) is 19.6 Å². The van der Waals surface area contributed by atoms with E-state index in [1.165, 1.54) is 12.1 Å². The fourth-order valence-corrected chi connectivity index (χ4v) is 2.88. The largest absolute Gasteiger partial charge is 0.434 e. The lowest BCUT2D eigenvalue weighted by Gasteiger charge is -2.33. The first kappa shape index (κ1) is 23.1. The molecular weight excluding hydrogens is 430 g/mol. The van der Waals surface area contributed by atoms with Gasteiger partial charge in [-0.1, -0.05) is 11.6 Å². The molecule has 2 amide bonds. The molecule has 0 saturated carbocycles. The summed E-state index contributed by atoms with van der Waals surface area (Å²) in [7, 11) is 0. The summed E-state index contributed by atoms with van der Waals surface area (Å²) in [6.45, 7) is 0.0869. The molecule has 1 N–H and O–H groups in total. The molecule has 1 aliphatic rings. The van der Waals surface area contributed by atoms with E-state index in [2.05, 4.69) is 10.1 Å². The van der Waals surface area contributed by atoms with Gasteiger partial charge in [0, 0.05) is 30.2 Å².